The summed E-state index contributed by atoms with van der Waals surface area (Å²) in [4.78, 5) is 7.86. The molecular formula is C16H20N4S. The van der Waals surface area contributed by atoms with Crippen LogP contribution in [-0.4, -0.2) is 21.1 Å². The number of rotatable bonds is 3. The van der Waals surface area contributed by atoms with Gasteiger partial charge in [-0.2, -0.15) is 0 Å². The van der Waals surface area contributed by atoms with Gasteiger partial charge in [-0.05, 0) is 55.4 Å². The lowest BCUT2D eigenvalue weighted by Crippen LogP contribution is -2.44. The third-order valence-electron chi connectivity index (χ3n) is 4.91. The van der Waals surface area contributed by atoms with E-state index in [1.165, 1.54) is 25.7 Å². The minimum absolute atomic E-state index is 0.583. The van der Waals surface area contributed by atoms with E-state index >= 15 is 0 Å². The zero-order chi connectivity index (χ0) is 14.2. The number of H-pyrrole nitrogens is 1. The van der Waals surface area contributed by atoms with Gasteiger partial charge >= 0.3 is 0 Å². The molecule has 2 aliphatic carbocycles. The van der Waals surface area contributed by atoms with Crippen molar-refractivity contribution in [2.45, 2.75) is 38.3 Å². The second-order valence-corrected chi connectivity index (χ2v) is 6.72. The highest BCUT2D eigenvalue weighted by molar-refractivity contribution is 7.80. The van der Waals surface area contributed by atoms with Gasteiger partial charge in [0.15, 0.2) is 5.11 Å². The smallest absolute Gasteiger partial charge is 0.166 e. The van der Waals surface area contributed by atoms with E-state index in [0.29, 0.717) is 12.6 Å². The summed E-state index contributed by atoms with van der Waals surface area (Å²) in [6.07, 6.45) is 5.47. The Bertz CT molecular complexity index is 632. The quantitative estimate of drug-likeness (QED) is 0.763. The van der Waals surface area contributed by atoms with Crippen LogP contribution < -0.4 is 10.6 Å². The lowest BCUT2D eigenvalue weighted by molar-refractivity contribution is 0.389. The van der Waals surface area contributed by atoms with Gasteiger partial charge in [0.2, 0.25) is 0 Å². The van der Waals surface area contributed by atoms with Crippen molar-refractivity contribution in [1.29, 1.82) is 0 Å². The third kappa shape index (κ3) is 2.62. The van der Waals surface area contributed by atoms with Crippen molar-refractivity contribution in [3.8, 4) is 0 Å². The summed E-state index contributed by atoms with van der Waals surface area (Å²) in [6.45, 7) is 0.640. The molecule has 2 fully saturated rings. The Morgan fingerprint density at radius 1 is 1.29 bits per heavy atom. The van der Waals surface area contributed by atoms with Gasteiger partial charge in [-0.15, -0.1) is 0 Å². The molecule has 0 radical (unpaired) electrons. The molecule has 0 unspecified atom stereocenters. The van der Waals surface area contributed by atoms with E-state index in [2.05, 4.69) is 20.6 Å². The molecule has 3 N–H and O–H groups in total. The first-order valence-electron chi connectivity index (χ1n) is 7.76. The predicted molar refractivity (Wildman–Crippen MR) is 87.9 cm³/mol. The molecule has 0 spiro atoms. The number of nitrogens with zero attached hydrogens (tertiary/aromatic N) is 1. The number of hydrogen-bond acceptors (Lipinski definition) is 2. The number of thiocarbonyl (C=S) groups is 1. The Morgan fingerprint density at radius 3 is 2.95 bits per heavy atom. The van der Waals surface area contributed by atoms with Gasteiger partial charge in [0, 0.05) is 6.04 Å². The fourth-order valence-corrected chi connectivity index (χ4v) is 4.12. The number of aromatic amines is 1. The van der Waals surface area contributed by atoms with Gasteiger partial charge in [-0.1, -0.05) is 18.6 Å². The fourth-order valence-electron chi connectivity index (χ4n) is 3.89. The summed E-state index contributed by atoms with van der Waals surface area (Å²) in [5.41, 5.74) is 2.07. The molecule has 1 heterocycles. The lowest BCUT2D eigenvalue weighted by atomic mass is 9.96. The van der Waals surface area contributed by atoms with Gasteiger partial charge in [-0.25, -0.2) is 4.98 Å². The van der Waals surface area contributed by atoms with Crippen molar-refractivity contribution in [3.63, 3.8) is 0 Å². The second-order valence-electron chi connectivity index (χ2n) is 6.31. The van der Waals surface area contributed by atoms with Crippen molar-refractivity contribution < 1.29 is 0 Å². The number of hydrogen-bond donors (Lipinski definition) is 3. The monoisotopic (exact) mass is 300 g/mol. The number of imidazole rings is 1. The van der Waals surface area contributed by atoms with Crippen LogP contribution in [0.25, 0.3) is 11.0 Å². The summed E-state index contributed by atoms with van der Waals surface area (Å²) < 4.78 is 0. The molecule has 0 amide bonds. The molecule has 5 heteroatoms. The van der Waals surface area contributed by atoms with E-state index < -0.39 is 0 Å². The summed E-state index contributed by atoms with van der Waals surface area (Å²) in [6, 6.07) is 8.65. The molecule has 2 aromatic rings. The Hall–Kier alpha value is -1.62. The SMILES string of the molecule is S=C(NCc1nc2ccccc2[nH]1)N[C@H]1C[C@H]2CC[C@H]1C2. The number of aromatic nitrogens is 2. The third-order valence-corrected chi connectivity index (χ3v) is 5.17. The van der Waals surface area contributed by atoms with E-state index in [1.54, 1.807) is 0 Å². The predicted octanol–water partition coefficient (Wildman–Crippen LogP) is 2.72. The van der Waals surface area contributed by atoms with Crippen LogP contribution >= 0.6 is 12.2 Å². The normalized spacial score (nSPS) is 27.1. The van der Waals surface area contributed by atoms with Crippen molar-refractivity contribution in [2.24, 2.45) is 11.8 Å². The van der Waals surface area contributed by atoms with Crippen LogP contribution in [0.1, 0.15) is 31.5 Å². The molecule has 2 saturated carbocycles. The van der Waals surface area contributed by atoms with Crippen LogP contribution in [0.15, 0.2) is 24.3 Å². The maximum atomic E-state index is 5.42. The standard InChI is InChI=1S/C16H20N4S/c21-16(20-14-8-10-5-6-11(14)7-10)17-9-15-18-12-3-1-2-4-13(12)19-15/h1-4,10-11,14H,5-9H2,(H,18,19)(H2,17,20,21)/t10-,11-,14-/m0/s1. The van der Waals surface area contributed by atoms with E-state index in [-0.39, 0.29) is 0 Å². The Balaban J connectivity index is 1.32. The van der Waals surface area contributed by atoms with Gasteiger partial charge in [0.25, 0.3) is 0 Å². The Labute approximate surface area is 129 Å². The van der Waals surface area contributed by atoms with Gasteiger partial charge < -0.3 is 15.6 Å². The minimum Gasteiger partial charge on any atom is -0.360 e. The first kappa shape index (κ1) is 13.1. The molecule has 2 aliphatic rings. The van der Waals surface area contributed by atoms with Crippen LogP contribution in [0.5, 0.6) is 0 Å². The molecule has 0 saturated heterocycles. The number of nitrogens with one attached hydrogen (secondary N) is 3. The van der Waals surface area contributed by atoms with Gasteiger partial charge in [0.05, 0.1) is 17.6 Å². The lowest BCUT2D eigenvalue weighted by Gasteiger charge is -2.24. The fraction of sp³-hybridized carbons (Fsp3) is 0.500. The summed E-state index contributed by atoms with van der Waals surface area (Å²) in [5, 5.41) is 7.52. The highest BCUT2D eigenvalue weighted by Gasteiger charge is 2.39. The molecule has 3 atom stereocenters. The minimum atomic E-state index is 0.583. The van der Waals surface area contributed by atoms with Gasteiger partial charge in [-0.3, -0.25) is 0 Å². The van der Waals surface area contributed by atoms with Crippen molar-refractivity contribution in [3.05, 3.63) is 30.1 Å². The molecular weight excluding hydrogens is 280 g/mol. The molecule has 2 bridgehead atoms. The van der Waals surface area contributed by atoms with Crippen molar-refractivity contribution in [1.82, 2.24) is 20.6 Å². The average molecular weight is 300 g/mol. The largest absolute Gasteiger partial charge is 0.360 e. The van der Waals surface area contributed by atoms with E-state index in [4.69, 9.17) is 12.2 Å². The van der Waals surface area contributed by atoms with Crippen LogP contribution in [0.3, 0.4) is 0 Å². The maximum absolute atomic E-state index is 5.42. The highest BCUT2D eigenvalue weighted by atomic mass is 32.1. The molecule has 4 nitrogen and oxygen atoms in total. The zero-order valence-electron chi connectivity index (χ0n) is 11.9. The summed E-state index contributed by atoms with van der Waals surface area (Å²) >= 11 is 5.42. The maximum Gasteiger partial charge on any atom is 0.166 e. The van der Waals surface area contributed by atoms with Crippen molar-refractivity contribution in [2.75, 3.05) is 0 Å². The zero-order valence-corrected chi connectivity index (χ0v) is 12.7. The van der Waals surface area contributed by atoms with Crippen LogP contribution in [0, 0.1) is 11.8 Å². The molecule has 21 heavy (non-hydrogen) atoms. The summed E-state index contributed by atoms with van der Waals surface area (Å²) in [5.74, 6) is 2.69. The number of fused-ring (bicyclic) bond motifs is 3. The Kier molecular flexibility index (Phi) is 3.30. The first-order chi connectivity index (χ1) is 10.3. The van der Waals surface area contributed by atoms with E-state index in [9.17, 15) is 0 Å². The van der Waals surface area contributed by atoms with Crippen LogP contribution in [0.2, 0.25) is 0 Å². The Morgan fingerprint density at radius 2 is 2.19 bits per heavy atom. The summed E-state index contributed by atoms with van der Waals surface area (Å²) in [7, 11) is 0. The molecule has 0 aliphatic heterocycles. The molecule has 110 valence electrons. The first-order valence-corrected chi connectivity index (χ1v) is 8.17. The number of para-hydroxylation sites is 2. The van der Waals surface area contributed by atoms with Crippen LogP contribution in [-0.2, 0) is 6.54 Å². The van der Waals surface area contributed by atoms with E-state index in [0.717, 1.165) is 33.8 Å². The van der Waals surface area contributed by atoms with Gasteiger partial charge in [0.1, 0.15) is 5.82 Å². The average Bonchev–Trinajstić information content (AvgIpc) is 3.19. The molecule has 1 aromatic carbocycles. The van der Waals surface area contributed by atoms with E-state index in [1.807, 2.05) is 24.3 Å². The van der Waals surface area contributed by atoms with Crippen molar-refractivity contribution >= 4 is 28.4 Å². The topological polar surface area (TPSA) is 52.7 Å². The highest BCUT2D eigenvalue weighted by Crippen LogP contribution is 2.44. The van der Waals surface area contributed by atoms with Crippen LogP contribution in [0.4, 0.5) is 0 Å². The number of benzene rings is 1. The molecule has 1 aromatic heterocycles. The molecule has 4 rings (SSSR count). The second kappa shape index (κ2) is 5.30.